The molecule has 1 aliphatic rings. The summed E-state index contributed by atoms with van der Waals surface area (Å²) >= 11 is 0. The van der Waals surface area contributed by atoms with Gasteiger partial charge in [-0.2, -0.15) is 0 Å². The van der Waals surface area contributed by atoms with E-state index in [1.807, 2.05) is 35.2 Å². The van der Waals surface area contributed by atoms with E-state index in [2.05, 4.69) is 13.8 Å². The molecule has 1 saturated heterocycles. The summed E-state index contributed by atoms with van der Waals surface area (Å²) in [6, 6.07) is 10.0. The van der Waals surface area contributed by atoms with E-state index >= 15 is 0 Å². The minimum absolute atomic E-state index is 0.191. The third-order valence-electron chi connectivity index (χ3n) is 3.84. The molecule has 2 atom stereocenters. The fourth-order valence-electron chi connectivity index (χ4n) is 2.54. The summed E-state index contributed by atoms with van der Waals surface area (Å²) in [5.74, 6) is 0.870. The van der Waals surface area contributed by atoms with Crippen molar-refractivity contribution in [3.8, 4) is 0 Å². The van der Waals surface area contributed by atoms with Crippen LogP contribution in [0.2, 0.25) is 0 Å². The number of hydrogen-bond donors (Lipinski definition) is 0. The highest BCUT2D eigenvalue weighted by Crippen LogP contribution is 2.25. The number of carbonyl (C=O) groups is 1. The lowest BCUT2D eigenvalue weighted by molar-refractivity contribution is 0.0556. The molecule has 2 heteroatoms. The molecule has 0 aliphatic carbocycles. The Hall–Kier alpha value is -1.31. The second-order valence-electron chi connectivity index (χ2n) is 5.02. The monoisotopic (exact) mass is 231 g/mol. The molecule has 17 heavy (non-hydrogen) atoms. The highest BCUT2D eigenvalue weighted by atomic mass is 16.2. The van der Waals surface area contributed by atoms with Gasteiger partial charge in [0.15, 0.2) is 0 Å². The number of nitrogens with zero attached hydrogens (tertiary/aromatic N) is 1. The number of hydrogen-bond acceptors (Lipinski definition) is 1. The molecule has 1 fully saturated rings. The van der Waals surface area contributed by atoms with E-state index < -0.39 is 0 Å². The molecular formula is C15H21NO. The van der Waals surface area contributed by atoms with E-state index in [1.165, 1.54) is 12.8 Å². The highest BCUT2D eigenvalue weighted by molar-refractivity contribution is 5.94. The molecule has 0 saturated carbocycles. The zero-order chi connectivity index (χ0) is 12.3. The summed E-state index contributed by atoms with van der Waals surface area (Å²) in [5, 5.41) is 0. The van der Waals surface area contributed by atoms with Crippen LogP contribution in [0.1, 0.15) is 43.5 Å². The van der Waals surface area contributed by atoms with Gasteiger partial charge < -0.3 is 4.90 Å². The Labute approximate surface area is 104 Å². The lowest BCUT2D eigenvalue weighted by Gasteiger charge is -2.37. The van der Waals surface area contributed by atoms with Crippen LogP contribution >= 0.6 is 0 Å². The van der Waals surface area contributed by atoms with Crippen molar-refractivity contribution < 1.29 is 4.79 Å². The van der Waals surface area contributed by atoms with Crippen LogP contribution in [0.5, 0.6) is 0 Å². The number of carbonyl (C=O) groups excluding carboxylic acids is 1. The molecule has 2 unspecified atom stereocenters. The first-order chi connectivity index (χ1) is 8.22. The Morgan fingerprint density at radius 1 is 1.29 bits per heavy atom. The Balaban J connectivity index is 2.12. The fraction of sp³-hybridized carbons (Fsp3) is 0.533. The number of amides is 1. The molecule has 2 rings (SSSR count). The third kappa shape index (κ3) is 2.68. The van der Waals surface area contributed by atoms with Crippen LogP contribution in [-0.4, -0.2) is 23.4 Å². The quantitative estimate of drug-likeness (QED) is 0.764. The van der Waals surface area contributed by atoms with Gasteiger partial charge in [-0.1, -0.05) is 31.5 Å². The van der Waals surface area contributed by atoms with Crippen molar-refractivity contribution in [2.75, 3.05) is 6.54 Å². The van der Waals surface area contributed by atoms with Crippen molar-refractivity contribution in [1.82, 2.24) is 4.90 Å². The lowest BCUT2D eigenvalue weighted by Crippen LogP contribution is -2.45. The van der Waals surface area contributed by atoms with Crippen LogP contribution < -0.4 is 0 Å². The van der Waals surface area contributed by atoms with Crippen LogP contribution in [0, 0.1) is 5.92 Å². The van der Waals surface area contributed by atoms with Crippen molar-refractivity contribution >= 4 is 5.91 Å². The largest absolute Gasteiger partial charge is 0.336 e. The average molecular weight is 231 g/mol. The number of benzene rings is 1. The molecule has 0 N–H and O–H groups in total. The molecule has 1 heterocycles. The van der Waals surface area contributed by atoms with Crippen molar-refractivity contribution in [1.29, 1.82) is 0 Å². The Bertz CT molecular complexity index is 374. The first-order valence-corrected chi connectivity index (χ1v) is 6.58. The minimum Gasteiger partial charge on any atom is -0.336 e. The van der Waals surface area contributed by atoms with Gasteiger partial charge in [0.25, 0.3) is 5.91 Å². The molecule has 1 aromatic rings. The van der Waals surface area contributed by atoms with E-state index in [0.29, 0.717) is 12.0 Å². The maximum absolute atomic E-state index is 12.4. The molecular weight excluding hydrogens is 210 g/mol. The summed E-state index contributed by atoms with van der Waals surface area (Å²) in [7, 11) is 0. The molecule has 0 spiro atoms. The average Bonchev–Trinajstić information content (AvgIpc) is 2.39. The molecule has 0 radical (unpaired) electrons. The number of likely N-dealkylation sites (tertiary alicyclic amines) is 1. The van der Waals surface area contributed by atoms with Gasteiger partial charge in [-0.05, 0) is 37.8 Å². The zero-order valence-corrected chi connectivity index (χ0v) is 10.7. The molecule has 2 nitrogen and oxygen atoms in total. The topological polar surface area (TPSA) is 20.3 Å². The van der Waals surface area contributed by atoms with E-state index in [0.717, 1.165) is 18.5 Å². The maximum atomic E-state index is 12.4. The van der Waals surface area contributed by atoms with E-state index in [-0.39, 0.29) is 5.91 Å². The van der Waals surface area contributed by atoms with Crippen LogP contribution in [0.4, 0.5) is 0 Å². The summed E-state index contributed by atoms with van der Waals surface area (Å²) < 4.78 is 0. The van der Waals surface area contributed by atoms with E-state index in [4.69, 9.17) is 0 Å². The Kier molecular flexibility index (Phi) is 3.82. The fourth-order valence-corrected chi connectivity index (χ4v) is 2.54. The van der Waals surface area contributed by atoms with Crippen molar-refractivity contribution in [3.63, 3.8) is 0 Å². The van der Waals surface area contributed by atoms with Gasteiger partial charge in [-0.15, -0.1) is 0 Å². The molecule has 1 aromatic carbocycles. The molecule has 0 aromatic heterocycles. The first-order valence-electron chi connectivity index (χ1n) is 6.58. The number of piperidine rings is 1. The summed E-state index contributed by atoms with van der Waals surface area (Å²) in [6.45, 7) is 5.30. The highest BCUT2D eigenvalue weighted by Gasteiger charge is 2.28. The van der Waals surface area contributed by atoms with Gasteiger partial charge in [-0.3, -0.25) is 4.79 Å². The van der Waals surface area contributed by atoms with Crippen molar-refractivity contribution in [3.05, 3.63) is 35.9 Å². The van der Waals surface area contributed by atoms with Gasteiger partial charge in [0.05, 0.1) is 0 Å². The van der Waals surface area contributed by atoms with Gasteiger partial charge in [0.1, 0.15) is 0 Å². The van der Waals surface area contributed by atoms with Gasteiger partial charge in [0, 0.05) is 18.2 Å². The SMILES string of the molecule is CCC1CCC(C)N(C(=O)c2ccccc2)C1. The van der Waals surface area contributed by atoms with E-state index in [1.54, 1.807) is 0 Å². The van der Waals surface area contributed by atoms with Gasteiger partial charge >= 0.3 is 0 Å². The predicted octanol–water partition coefficient (Wildman–Crippen LogP) is 3.34. The second-order valence-corrected chi connectivity index (χ2v) is 5.02. The first kappa shape index (κ1) is 12.2. The van der Waals surface area contributed by atoms with Gasteiger partial charge in [0.2, 0.25) is 0 Å². The zero-order valence-electron chi connectivity index (χ0n) is 10.7. The normalized spacial score (nSPS) is 24.7. The molecule has 92 valence electrons. The summed E-state index contributed by atoms with van der Waals surface area (Å²) in [5.41, 5.74) is 0.816. The number of rotatable bonds is 2. The van der Waals surface area contributed by atoms with Crippen LogP contribution in [0.15, 0.2) is 30.3 Å². The summed E-state index contributed by atoms with van der Waals surface area (Å²) in [6.07, 6.45) is 3.57. The van der Waals surface area contributed by atoms with Crippen molar-refractivity contribution in [2.24, 2.45) is 5.92 Å². The maximum Gasteiger partial charge on any atom is 0.254 e. The third-order valence-corrected chi connectivity index (χ3v) is 3.84. The Morgan fingerprint density at radius 3 is 2.65 bits per heavy atom. The predicted molar refractivity (Wildman–Crippen MR) is 70.0 cm³/mol. The Morgan fingerprint density at radius 2 is 2.00 bits per heavy atom. The smallest absolute Gasteiger partial charge is 0.254 e. The lowest BCUT2D eigenvalue weighted by atomic mass is 9.91. The minimum atomic E-state index is 0.191. The molecule has 1 amide bonds. The van der Waals surface area contributed by atoms with Crippen molar-refractivity contribution in [2.45, 2.75) is 39.2 Å². The van der Waals surface area contributed by atoms with E-state index in [9.17, 15) is 4.79 Å². The second kappa shape index (κ2) is 5.35. The molecule has 0 bridgehead atoms. The standard InChI is InChI=1S/C15H21NO/c1-3-13-10-9-12(2)16(11-13)15(17)14-7-5-4-6-8-14/h4-8,12-13H,3,9-11H2,1-2H3. The van der Waals surface area contributed by atoms with Gasteiger partial charge in [-0.25, -0.2) is 0 Å². The summed E-state index contributed by atoms with van der Waals surface area (Å²) in [4.78, 5) is 14.4. The van der Waals surface area contributed by atoms with Crippen LogP contribution in [0.25, 0.3) is 0 Å². The van der Waals surface area contributed by atoms with Crippen LogP contribution in [-0.2, 0) is 0 Å². The molecule has 1 aliphatic heterocycles. The van der Waals surface area contributed by atoms with Crippen LogP contribution in [0.3, 0.4) is 0 Å².